The topological polar surface area (TPSA) is 149 Å². The molecule has 10 nitrogen and oxygen atoms in total. The number of hydrogen-bond acceptors (Lipinski definition) is 7. The van der Waals surface area contributed by atoms with E-state index in [-0.39, 0.29) is 22.9 Å². The van der Waals surface area contributed by atoms with Crippen molar-refractivity contribution < 1.29 is 51.6 Å². The van der Waals surface area contributed by atoms with Crippen molar-refractivity contribution in [2.75, 3.05) is 20.1 Å². The third-order valence-corrected chi connectivity index (χ3v) is 5.74. The maximum Gasteiger partial charge on any atom is 0.322 e. The number of aliphatic hydroxyl groups is 3. The molecule has 2 aliphatic rings. The van der Waals surface area contributed by atoms with Gasteiger partial charge in [-0.1, -0.05) is 6.07 Å². The SMILES string of the molecule is C[N+]1(C2OC(C(=O)NCC(=O)O)C(O)C(O)C2O)CCCC1c1cccnc1.[Cl-]. The van der Waals surface area contributed by atoms with Crippen LogP contribution >= 0.6 is 0 Å². The first kappa shape index (κ1) is 23.5. The van der Waals surface area contributed by atoms with Gasteiger partial charge in [0.25, 0.3) is 5.91 Å². The predicted octanol–water partition coefficient (Wildman–Crippen LogP) is -4.62. The molecule has 0 spiro atoms. The lowest BCUT2D eigenvalue weighted by Gasteiger charge is -2.49. The molecule has 0 aromatic carbocycles. The molecule has 3 heterocycles. The van der Waals surface area contributed by atoms with Crippen molar-refractivity contribution in [3.8, 4) is 0 Å². The number of rotatable bonds is 5. The number of aromatic nitrogens is 1. The van der Waals surface area contributed by atoms with Gasteiger partial charge in [-0.25, -0.2) is 0 Å². The van der Waals surface area contributed by atoms with E-state index in [4.69, 9.17) is 9.84 Å². The van der Waals surface area contributed by atoms with Crippen LogP contribution in [0.3, 0.4) is 0 Å². The largest absolute Gasteiger partial charge is 1.00 e. The number of aliphatic hydroxyl groups excluding tert-OH is 3. The molecule has 11 heteroatoms. The van der Waals surface area contributed by atoms with Gasteiger partial charge in [-0.15, -0.1) is 0 Å². The molecule has 7 atom stereocenters. The summed E-state index contributed by atoms with van der Waals surface area (Å²) in [6.45, 7) is -0.00721. The summed E-state index contributed by atoms with van der Waals surface area (Å²) in [6.07, 6.45) is -2.11. The van der Waals surface area contributed by atoms with Crippen LogP contribution in [0.25, 0.3) is 0 Å². The van der Waals surface area contributed by atoms with Crippen molar-refractivity contribution in [2.45, 2.75) is 49.5 Å². The molecule has 0 radical (unpaired) electrons. The van der Waals surface area contributed by atoms with Crippen LogP contribution in [0.1, 0.15) is 24.4 Å². The molecule has 5 N–H and O–H groups in total. The number of carbonyl (C=O) groups excluding carboxylic acids is 1. The molecule has 1 aromatic heterocycles. The minimum atomic E-state index is -1.67. The van der Waals surface area contributed by atoms with E-state index in [1.54, 1.807) is 12.4 Å². The number of halogens is 1. The molecular weight excluding hydrogens is 406 g/mol. The average Bonchev–Trinajstić information content (AvgIpc) is 3.07. The van der Waals surface area contributed by atoms with Crippen molar-refractivity contribution in [3.63, 3.8) is 0 Å². The molecule has 2 fully saturated rings. The second-order valence-corrected chi connectivity index (χ2v) is 7.55. The van der Waals surface area contributed by atoms with Crippen LogP contribution < -0.4 is 17.7 Å². The van der Waals surface area contributed by atoms with Gasteiger partial charge in [0.2, 0.25) is 6.23 Å². The Bertz CT molecular complexity index is 725. The number of aliphatic carboxylic acids is 1. The van der Waals surface area contributed by atoms with Crippen molar-refractivity contribution in [3.05, 3.63) is 30.1 Å². The Morgan fingerprint density at radius 2 is 2.00 bits per heavy atom. The molecule has 0 aliphatic carbocycles. The summed E-state index contributed by atoms with van der Waals surface area (Å²) in [5, 5.41) is 42.1. The summed E-state index contributed by atoms with van der Waals surface area (Å²) < 4.78 is 6.01. The van der Waals surface area contributed by atoms with Crippen LogP contribution in [0.5, 0.6) is 0 Å². The first-order valence-electron chi connectivity index (χ1n) is 9.19. The van der Waals surface area contributed by atoms with Crippen LogP contribution in [0.2, 0.25) is 0 Å². The van der Waals surface area contributed by atoms with Crippen LogP contribution in [-0.4, -0.2) is 92.6 Å². The summed E-state index contributed by atoms with van der Waals surface area (Å²) in [7, 11) is 1.87. The number of carboxylic acids is 1. The zero-order valence-corrected chi connectivity index (χ0v) is 16.6. The van der Waals surface area contributed by atoms with E-state index < -0.39 is 49.1 Å². The zero-order valence-electron chi connectivity index (χ0n) is 15.9. The van der Waals surface area contributed by atoms with Crippen molar-refractivity contribution >= 4 is 11.9 Å². The normalized spacial score (nSPS) is 36.8. The molecule has 2 aliphatic heterocycles. The van der Waals surface area contributed by atoms with Gasteiger partial charge >= 0.3 is 5.97 Å². The number of likely N-dealkylation sites (N-methyl/N-ethyl adjacent to an activating group) is 1. The monoisotopic (exact) mass is 431 g/mol. The lowest BCUT2D eigenvalue weighted by atomic mass is 9.94. The first-order valence-corrected chi connectivity index (χ1v) is 9.19. The van der Waals surface area contributed by atoms with Gasteiger partial charge < -0.3 is 42.9 Å². The maximum absolute atomic E-state index is 12.3. The van der Waals surface area contributed by atoms with Crippen LogP contribution in [0.4, 0.5) is 0 Å². The Hall–Kier alpha value is -1.82. The molecule has 0 bridgehead atoms. The van der Waals surface area contributed by atoms with E-state index >= 15 is 0 Å². The van der Waals surface area contributed by atoms with E-state index in [0.29, 0.717) is 6.54 Å². The average molecular weight is 432 g/mol. The predicted molar refractivity (Wildman–Crippen MR) is 94.6 cm³/mol. The third kappa shape index (κ3) is 4.52. The van der Waals surface area contributed by atoms with Gasteiger partial charge in [0.1, 0.15) is 24.8 Å². The van der Waals surface area contributed by atoms with Crippen LogP contribution in [0.15, 0.2) is 24.5 Å². The number of carbonyl (C=O) groups is 2. The fraction of sp³-hybridized carbons (Fsp3) is 0.611. The van der Waals surface area contributed by atoms with Gasteiger partial charge in [0.05, 0.1) is 13.6 Å². The highest BCUT2D eigenvalue weighted by atomic mass is 35.5. The number of quaternary nitrogens is 1. The molecule has 0 saturated carbocycles. The number of nitrogens with zero attached hydrogens (tertiary/aromatic N) is 2. The third-order valence-electron chi connectivity index (χ3n) is 5.74. The summed E-state index contributed by atoms with van der Waals surface area (Å²) in [4.78, 5) is 27.2. The Morgan fingerprint density at radius 3 is 2.62 bits per heavy atom. The number of likely N-dealkylation sites (tertiary alicyclic amines) is 1. The van der Waals surface area contributed by atoms with Gasteiger partial charge in [-0.3, -0.25) is 19.1 Å². The van der Waals surface area contributed by atoms with Gasteiger partial charge in [-0.2, -0.15) is 0 Å². The molecule has 2 saturated heterocycles. The molecule has 1 aromatic rings. The molecule has 1 amide bonds. The highest BCUT2D eigenvalue weighted by Crippen LogP contribution is 2.42. The summed E-state index contributed by atoms with van der Waals surface area (Å²) in [5.74, 6) is -2.10. The van der Waals surface area contributed by atoms with E-state index in [1.807, 2.05) is 19.2 Å². The smallest absolute Gasteiger partial charge is 0.322 e. The Kier molecular flexibility index (Phi) is 7.55. The van der Waals surface area contributed by atoms with E-state index in [1.165, 1.54) is 0 Å². The van der Waals surface area contributed by atoms with E-state index in [2.05, 4.69) is 10.3 Å². The van der Waals surface area contributed by atoms with Crippen LogP contribution in [0, 0.1) is 0 Å². The fourth-order valence-electron chi connectivity index (χ4n) is 4.29. The number of ether oxygens (including phenoxy) is 1. The lowest BCUT2D eigenvalue weighted by molar-refractivity contribution is -0.977. The standard InChI is InChI=1S/C18H25N3O7.ClH/c1-21(7-3-5-11(21)10-4-2-6-19-8-10)18-15(26)13(24)14(25)16(28-18)17(27)20-9-12(22)23;/h2,4,6,8,11,13-16,18,24-26H,3,5,7,9H2,1H3,(H-,20,22,23,27);1H. The quantitative estimate of drug-likeness (QED) is 0.292. The highest BCUT2D eigenvalue weighted by Gasteiger charge is 2.57. The fourth-order valence-corrected chi connectivity index (χ4v) is 4.29. The van der Waals surface area contributed by atoms with Crippen molar-refractivity contribution in [1.82, 2.24) is 10.3 Å². The van der Waals surface area contributed by atoms with E-state index in [0.717, 1.165) is 18.4 Å². The number of amides is 1. The van der Waals surface area contributed by atoms with Crippen LogP contribution in [-0.2, 0) is 14.3 Å². The first-order chi connectivity index (χ1) is 13.3. The minimum absolute atomic E-state index is 0. The number of nitrogens with one attached hydrogen (secondary N) is 1. The van der Waals surface area contributed by atoms with E-state index in [9.17, 15) is 24.9 Å². The Morgan fingerprint density at radius 1 is 1.28 bits per heavy atom. The number of hydrogen-bond donors (Lipinski definition) is 5. The van der Waals surface area contributed by atoms with Gasteiger partial charge in [-0.05, 0) is 6.07 Å². The van der Waals surface area contributed by atoms with Crippen molar-refractivity contribution in [1.29, 1.82) is 0 Å². The number of carboxylic acid groups (broad SMARTS) is 1. The lowest BCUT2D eigenvalue weighted by Crippen LogP contribution is -3.00. The second kappa shape index (κ2) is 9.33. The molecular formula is C18H26ClN3O7. The maximum atomic E-state index is 12.3. The zero-order chi connectivity index (χ0) is 20.5. The van der Waals surface area contributed by atoms with Gasteiger partial charge in [0, 0.05) is 30.8 Å². The highest BCUT2D eigenvalue weighted by molar-refractivity contribution is 5.85. The molecule has 29 heavy (non-hydrogen) atoms. The summed E-state index contributed by atoms with van der Waals surface area (Å²) in [5.41, 5.74) is 0.950. The molecule has 3 rings (SSSR count). The van der Waals surface area contributed by atoms with Gasteiger partial charge in [0.15, 0.2) is 12.2 Å². The second-order valence-electron chi connectivity index (χ2n) is 7.55. The number of pyridine rings is 1. The summed E-state index contributed by atoms with van der Waals surface area (Å²) in [6, 6.07) is 3.67. The Labute approximate surface area is 174 Å². The Balaban J connectivity index is 0.00000300. The molecule has 7 unspecified atom stereocenters. The molecule has 162 valence electrons. The minimum Gasteiger partial charge on any atom is -1.00 e. The van der Waals surface area contributed by atoms with Crippen molar-refractivity contribution in [2.24, 2.45) is 0 Å². The summed E-state index contributed by atoms with van der Waals surface area (Å²) >= 11 is 0.